The number of benzene rings is 3. The van der Waals surface area contributed by atoms with Gasteiger partial charge >= 0.3 is 0 Å². The molecule has 0 bridgehead atoms. The molecule has 39 heavy (non-hydrogen) atoms. The lowest BCUT2D eigenvalue weighted by atomic mass is 9.94. The number of aliphatic hydroxyl groups is 1. The first-order valence-corrected chi connectivity index (χ1v) is 13.7. The number of rotatable bonds is 12. The number of nitrogens with one attached hydrogen (secondary N) is 1. The van der Waals surface area contributed by atoms with Crippen LogP contribution >= 0.6 is 12.4 Å². The maximum Gasteiger partial charge on any atom is 0.264 e. The maximum absolute atomic E-state index is 13.0. The zero-order chi connectivity index (χ0) is 27.9. The smallest absolute Gasteiger partial charge is 0.264 e. The molecule has 0 radical (unpaired) electrons. The van der Waals surface area contributed by atoms with Gasteiger partial charge in [0.1, 0.15) is 30.3 Å². The van der Waals surface area contributed by atoms with Crippen LogP contribution in [0, 0.1) is 18.3 Å². The Balaban J connectivity index is 0.00000533. The number of β-amino-alcohol motifs (C(OH)–C–C–N with tert-alkyl or cyclic N) is 1. The van der Waals surface area contributed by atoms with E-state index in [1.807, 2.05) is 31.2 Å². The molecule has 0 heterocycles. The van der Waals surface area contributed by atoms with Crippen molar-refractivity contribution in [3.05, 3.63) is 83.4 Å². The molecule has 3 aromatic carbocycles. The van der Waals surface area contributed by atoms with E-state index >= 15 is 0 Å². The van der Waals surface area contributed by atoms with Gasteiger partial charge in [-0.05, 0) is 75.2 Å². The average molecular weight is 574 g/mol. The van der Waals surface area contributed by atoms with Crippen LogP contribution in [0.1, 0.15) is 30.5 Å². The predicted molar refractivity (Wildman–Crippen MR) is 155 cm³/mol. The molecule has 2 N–H and O–H groups in total. The third-order valence-electron chi connectivity index (χ3n) is 6.18. The number of anilines is 1. The van der Waals surface area contributed by atoms with E-state index in [4.69, 9.17) is 9.47 Å². The zero-order valence-corrected chi connectivity index (χ0v) is 24.5. The van der Waals surface area contributed by atoms with Crippen LogP contribution in [0.4, 0.5) is 5.69 Å². The Hall–Kier alpha value is -3.29. The Morgan fingerprint density at radius 2 is 1.72 bits per heavy atom. The summed E-state index contributed by atoms with van der Waals surface area (Å²) >= 11 is 0. The molecule has 0 saturated carbocycles. The second-order valence-corrected chi connectivity index (χ2v) is 11.8. The van der Waals surface area contributed by atoms with Gasteiger partial charge in [0, 0.05) is 19.1 Å². The maximum atomic E-state index is 13.0. The fraction of sp³-hybridized carbons (Fsp3) is 0.345. The molecule has 0 aliphatic carbocycles. The van der Waals surface area contributed by atoms with Gasteiger partial charge in [0.2, 0.25) is 0 Å². The lowest BCUT2D eigenvalue weighted by Crippen LogP contribution is -2.46. The van der Waals surface area contributed by atoms with Gasteiger partial charge in [-0.25, -0.2) is 8.42 Å². The summed E-state index contributed by atoms with van der Waals surface area (Å²) in [6, 6.07) is 21.1. The lowest BCUT2D eigenvalue weighted by Gasteiger charge is -2.28. The van der Waals surface area contributed by atoms with Crippen LogP contribution in [0.25, 0.3) is 0 Å². The summed E-state index contributed by atoms with van der Waals surface area (Å²) in [5.74, 6) is 1.07. The average Bonchev–Trinajstić information content (AvgIpc) is 2.90. The van der Waals surface area contributed by atoms with E-state index in [1.165, 1.54) is 13.1 Å². The molecule has 0 aromatic heterocycles. The molecule has 0 unspecified atom stereocenters. The van der Waals surface area contributed by atoms with Crippen molar-refractivity contribution in [1.29, 1.82) is 5.26 Å². The van der Waals surface area contributed by atoms with Crippen molar-refractivity contribution in [3.63, 3.8) is 0 Å². The van der Waals surface area contributed by atoms with E-state index in [-0.39, 0.29) is 40.8 Å². The second-order valence-electron chi connectivity index (χ2n) is 9.83. The fourth-order valence-electron chi connectivity index (χ4n) is 3.89. The van der Waals surface area contributed by atoms with E-state index in [2.05, 4.69) is 25.2 Å². The SMILES string of the molecule is COc1ccc(CC(C)(C)NC[C@@H](O)COc2ccc(N(C)S(=O)(=O)c3ccc(C)cc3)cc2C#N)cc1.Cl. The number of methoxy groups -OCH3 is 1. The Morgan fingerprint density at radius 3 is 2.31 bits per heavy atom. The highest BCUT2D eigenvalue weighted by Crippen LogP contribution is 2.28. The van der Waals surface area contributed by atoms with Crippen LogP contribution in [0.15, 0.2) is 71.6 Å². The third kappa shape index (κ3) is 8.60. The van der Waals surface area contributed by atoms with Crippen molar-refractivity contribution in [2.75, 3.05) is 31.6 Å². The number of hydrogen-bond acceptors (Lipinski definition) is 7. The first-order chi connectivity index (χ1) is 17.9. The molecule has 210 valence electrons. The number of hydrogen-bond donors (Lipinski definition) is 2. The van der Waals surface area contributed by atoms with E-state index in [0.29, 0.717) is 12.2 Å². The van der Waals surface area contributed by atoms with Crippen LogP contribution in [-0.2, 0) is 16.4 Å². The van der Waals surface area contributed by atoms with Gasteiger partial charge in [0.05, 0.1) is 23.3 Å². The highest BCUT2D eigenvalue weighted by Gasteiger charge is 2.23. The first-order valence-electron chi connectivity index (χ1n) is 12.2. The van der Waals surface area contributed by atoms with Gasteiger partial charge < -0.3 is 19.9 Å². The molecule has 0 amide bonds. The van der Waals surface area contributed by atoms with Crippen LogP contribution < -0.4 is 19.1 Å². The van der Waals surface area contributed by atoms with Gasteiger partial charge in [0.15, 0.2) is 0 Å². The predicted octanol–water partition coefficient (Wildman–Crippen LogP) is 4.47. The molecule has 0 aliphatic heterocycles. The number of nitriles is 1. The molecule has 8 nitrogen and oxygen atoms in total. The quantitative estimate of drug-likeness (QED) is 0.329. The van der Waals surface area contributed by atoms with E-state index in [1.54, 1.807) is 43.5 Å². The summed E-state index contributed by atoms with van der Waals surface area (Å²) < 4.78 is 38.1. The van der Waals surface area contributed by atoms with Crippen molar-refractivity contribution < 1.29 is 23.0 Å². The van der Waals surface area contributed by atoms with Crippen LogP contribution in [0.3, 0.4) is 0 Å². The topological polar surface area (TPSA) is 112 Å². The number of sulfonamides is 1. The monoisotopic (exact) mass is 573 g/mol. The van der Waals surface area contributed by atoms with Crippen LogP contribution in [0.2, 0.25) is 0 Å². The van der Waals surface area contributed by atoms with Crippen molar-refractivity contribution in [1.82, 2.24) is 5.32 Å². The highest BCUT2D eigenvalue weighted by atomic mass is 35.5. The lowest BCUT2D eigenvalue weighted by molar-refractivity contribution is 0.0987. The summed E-state index contributed by atoms with van der Waals surface area (Å²) in [6.45, 7) is 6.25. The molecule has 1 atom stereocenters. The minimum Gasteiger partial charge on any atom is -0.497 e. The summed E-state index contributed by atoms with van der Waals surface area (Å²) in [4.78, 5) is 0.162. The number of aliphatic hydroxyl groups excluding tert-OH is 1. The Labute approximate surface area is 237 Å². The summed E-state index contributed by atoms with van der Waals surface area (Å²) in [5.41, 5.74) is 2.33. The molecular weight excluding hydrogens is 538 g/mol. The third-order valence-corrected chi connectivity index (χ3v) is 7.98. The summed E-state index contributed by atoms with van der Waals surface area (Å²) in [7, 11) is -0.719. The van der Waals surface area contributed by atoms with Gasteiger partial charge in [-0.15, -0.1) is 12.4 Å². The van der Waals surface area contributed by atoms with E-state index in [0.717, 1.165) is 27.6 Å². The number of halogens is 1. The van der Waals surface area contributed by atoms with Gasteiger partial charge in [-0.3, -0.25) is 4.31 Å². The zero-order valence-electron chi connectivity index (χ0n) is 22.8. The summed E-state index contributed by atoms with van der Waals surface area (Å²) in [5, 5.41) is 23.5. The van der Waals surface area contributed by atoms with E-state index in [9.17, 15) is 18.8 Å². The van der Waals surface area contributed by atoms with Crippen LogP contribution in [0.5, 0.6) is 11.5 Å². The van der Waals surface area contributed by atoms with Crippen molar-refractivity contribution >= 4 is 28.1 Å². The molecule has 0 aliphatic rings. The fourth-order valence-corrected chi connectivity index (χ4v) is 5.08. The second kappa shape index (κ2) is 13.7. The van der Waals surface area contributed by atoms with Crippen LogP contribution in [-0.4, -0.2) is 52.5 Å². The Kier molecular flexibility index (Phi) is 11.2. The summed E-state index contributed by atoms with van der Waals surface area (Å²) in [6.07, 6.45) is -0.0650. The number of ether oxygens (including phenoxy) is 2. The first kappa shape index (κ1) is 31.9. The normalized spacial score (nSPS) is 12.1. The van der Waals surface area contributed by atoms with Gasteiger partial charge in [-0.2, -0.15) is 5.26 Å². The Morgan fingerprint density at radius 1 is 1.08 bits per heavy atom. The Bertz CT molecular complexity index is 1370. The van der Waals surface area contributed by atoms with E-state index < -0.39 is 16.1 Å². The molecular formula is C29H36ClN3O5S. The largest absolute Gasteiger partial charge is 0.497 e. The standard InChI is InChI=1S/C29H35N3O5S.ClH/c1-21-6-13-27(14-7-21)38(34,35)32(4)24-10-15-28(23(16-24)18-30)37-20-25(33)19-31-29(2,3)17-22-8-11-26(36-5)12-9-22;/h6-16,25,31,33H,17,19-20H2,1-5H3;1H/t25-;/m1./s1. The van der Waals surface area contributed by atoms with Gasteiger partial charge in [0.25, 0.3) is 10.0 Å². The molecule has 10 heteroatoms. The highest BCUT2D eigenvalue weighted by molar-refractivity contribution is 7.92. The number of aryl methyl sites for hydroxylation is 1. The minimum absolute atomic E-state index is 0. The van der Waals surface area contributed by atoms with Crippen molar-refractivity contribution in [2.24, 2.45) is 0 Å². The molecule has 3 rings (SSSR count). The minimum atomic E-state index is -3.79. The molecule has 3 aromatic rings. The van der Waals surface area contributed by atoms with Crippen molar-refractivity contribution in [2.45, 2.75) is 43.7 Å². The van der Waals surface area contributed by atoms with Gasteiger partial charge in [-0.1, -0.05) is 29.8 Å². The molecule has 0 saturated heterocycles. The van der Waals surface area contributed by atoms with Crippen molar-refractivity contribution in [3.8, 4) is 17.6 Å². The molecule has 0 fully saturated rings. The molecule has 0 spiro atoms. The number of nitrogens with zero attached hydrogens (tertiary/aromatic N) is 2.